The maximum atomic E-state index is 16.1. The molecule has 0 N–H and O–H groups in total. The number of fused-ring (bicyclic) bond motifs is 6. The summed E-state index contributed by atoms with van der Waals surface area (Å²) in [6.07, 6.45) is 7.66. The predicted molar refractivity (Wildman–Crippen MR) is 373 cm³/mol. The first-order valence-electron chi connectivity index (χ1n) is 30.9. The summed E-state index contributed by atoms with van der Waals surface area (Å²) < 4.78 is 52.2. The van der Waals surface area contributed by atoms with Gasteiger partial charge in [0.2, 0.25) is 0 Å². The molecule has 0 aliphatic carbocycles. The number of aromatic nitrogens is 4. The molecule has 0 radical (unpaired) electrons. The molecular formula is C83H51F3N8. The molecule has 0 spiro atoms. The van der Waals surface area contributed by atoms with Crippen LogP contribution in [0, 0.1) is 22.7 Å². The van der Waals surface area contributed by atoms with E-state index in [2.05, 4.69) is 114 Å². The molecule has 10 aromatic carbocycles. The highest BCUT2D eigenvalue weighted by Gasteiger charge is 2.37. The van der Waals surface area contributed by atoms with Crippen LogP contribution < -0.4 is 10.4 Å². The molecule has 0 fully saturated rings. The highest BCUT2D eigenvalue weighted by Crippen LogP contribution is 2.47. The lowest BCUT2D eigenvalue weighted by molar-refractivity contribution is -0.137. The Hall–Kier alpha value is -12.6. The molecule has 2 aliphatic heterocycles. The molecule has 0 saturated carbocycles. The van der Waals surface area contributed by atoms with Gasteiger partial charge in [-0.05, 0) is 123 Å². The monoisotopic (exact) mass is 1220 g/mol. The summed E-state index contributed by atoms with van der Waals surface area (Å²) in [4.78, 5) is 19.2. The third-order valence-electron chi connectivity index (χ3n) is 17.9. The van der Waals surface area contributed by atoms with Gasteiger partial charge in [-0.25, -0.2) is 0 Å². The van der Waals surface area contributed by atoms with Crippen LogP contribution in [0.1, 0.15) is 40.7 Å². The van der Waals surface area contributed by atoms with Crippen molar-refractivity contribution in [2.45, 2.75) is 19.0 Å². The second-order valence-electron chi connectivity index (χ2n) is 23.4. The van der Waals surface area contributed by atoms with Crippen LogP contribution in [0.2, 0.25) is 0 Å². The Kier molecular flexibility index (Phi) is 14.1. The van der Waals surface area contributed by atoms with Gasteiger partial charge in [-0.15, -0.1) is 0 Å². The minimum absolute atomic E-state index is 0.0457. The summed E-state index contributed by atoms with van der Waals surface area (Å²) in [7, 11) is 0. The Morgan fingerprint density at radius 2 is 0.840 bits per heavy atom. The zero-order valence-corrected chi connectivity index (χ0v) is 50.3. The van der Waals surface area contributed by atoms with Crippen LogP contribution in [0.15, 0.2) is 283 Å². The number of nitriles is 2. The lowest BCUT2D eigenvalue weighted by Gasteiger charge is -2.22. The van der Waals surface area contributed by atoms with Crippen LogP contribution in [0.3, 0.4) is 0 Å². The van der Waals surface area contributed by atoms with E-state index in [4.69, 9.17) is 20.0 Å². The fourth-order valence-corrected chi connectivity index (χ4v) is 13.5. The van der Waals surface area contributed by atoms with Crippen LogP contribution >= 0.6 is 0 Å². The zero-order valence-electron chi connectivity index (χ0n) is 50.3. The molecule has 94 heavy (non-hydrogen) atoms. The number of alkyl halides is 3. The second-order valence-corrected chi connectivity index (χ2v) is 23.4. The van der Waals surface area contributed by atoms with Crippen molar-refractivity contribution in [3.63, 3.8) is 0 Å². The Morgan fingerprint density at radius 3 is 1.30 bits per heavy atom. The van der Waals surface area contributed by atoms with Crippen molar-refractivity contribution in [2.75, 3.05) is 0 Å². The summed E-state index contributed by atoms with van der Waals surface area (Å²) in [5, 5.41) is 28.6. The normalized spacial score (nSPS) is 14.3. The van der Waals surface area contributed by atoms with Gasteiger partial charge in [-0.2, -0.15) is 23.7 Å². The average molecular weight is 1220 g/mol. The van der Waals surface area contributed by atoms with Gasteiger partial charge < -0.3 is 9.13 Å². The average Bonchev–Trinajstić information content (AvgIpc) is 1.55. The number of hydrogen-bond donors (Lipinski definition) is 0. The van der Waals surface area contributed by atoms with Gasteiger partial charge in [-0.3, -0.25) is 20.0 Å². The summed E-state index contributed by atoms with van der Waals surface area (Å²) in [5.74, 6) is 0. The number of aliphatic imine (C=N–C) groups is 2. The van der Waals surface area contributed by atoms with E-state index in [-0.39, 0.29) is 27.9 Å². The Morgan fingerprint density at radius 1 is 0.394 bits per heavy atom. The van der Waals surface area contributed by atoms with Gasteiger partial charge in [0.05, 0.1) is 73.4 Å². The maximum absolute atomic E-state index is 16.1. The summed E-state index contributed by atoms with van der Waals surface area (Å²) in [6, 6.07) is 84.9. The molecule has 0 bridgehead atoms. The molecule has 2 aliphatic rings. The number of allylic oxidation sites excluding steroid dienone is 2. The first-order valence-corrected chi connectivity index (χ1v) is 30.9. The van der Waals surface area contributed by atoms with E-state index in [1.54, 1.807) is 24.5 Å². The predicted octanol–water partition coefficient (Wildman–Crippen LogP) is 19.1. The SMILES string of the molecule is N#Cc1cccc(C(F)(F)F)c1-c1ccc(-n2c3cc(-c4ccnc(-c5ccccc5)c4)ccc3c3ccc(-c4ccnc(-c5ccccc5)c4)cc32)c(C#N)c1-n1c2cc(=C3C=C(c4ccccc4)N=CC3)ccc2c2ccc(=C3C=C(c4ccccc4)N=CC3)cc21. The van der Waals surface area contributed by atoms with Crippen molar-refractivity contribution in [3.8, 4) is 79.4 Å². The van der Waals surface area contributed by atoms with E-state index in [9.17, 15) is 10.5 Å². The molecule has 0 saturated heterocycles. The van der Waals surface area contributed by atoms with Gasteiger partial charge in [0, 0.05) is 92.6 Å². The van der Waals surface area contributed by atoms with Gasteiger partial charge >= 0.3 is 6.18 Å². The number of benzene rings is 10. The fraction of sp³-hybridized carbons (Fsp3) is 0.0361. The van der Waals surface area contributed by atoms with Crippen molar-refractivity contribution < 1.29 is 13.2 Å². The van der Waals surface area contributed by atoms with Crippen LogP contribution in [0.25, 0.3) is 133 Å². The number of rotatable bonds is 9. The molecule has 11 heteroatoms. The lowest BCUT2D eigenvalue weighted by atomic mass is 9.90. The number of pyridine rings is 2. The maximum Gasteiger partial charge on any atom is 0.417 e. The topological polar surface area (TPSA) is 108 Å². The van der Waals surface area contributed by atoms with Crippen molar-refractivity contribution >= 4 is 78.6 Å². The summed E-state index contributed by atoms with van der Waals surface area (Å²) >= 11 is 0. The van der Waals surface area contributed by atoms with Gasteiger partial charge in [0.1, 0.15) is 11.6 Å². The summed E-state index contributed by atoms with van der Waals surface area (Å²) in [5.41, 5.74) is 14.4. The van der Waals surface area contributed by atoms with Crippen molar-refractivity contribution in [1.82, 2.24) is 19.1 Å². The third-order valence-corrected chi connectivity index (χ3v) is 17.9. The van der Waals surface area contributed by atoms with E-state index in [1.807, 2.05) is 150 Å². The molecule has 14 aromatic rings. The number of nitrogens with zero attached hydrogens (tertiary/aromatic N) is 8. The van der Waals surface area contributed by atoms with Crippen LogP contribution in [-0.2, 0) is 6.18 Å². The molecule has 0 atom stereocenters. The largest absolute Gasteiger partial charge is 0.417 e. The summed E-state index contributed by atoms with van der Waals surface area (Å²) in [6.45, 7) is 0. The highest BCUT2D eigenvalue weighted by atomic mass is 19.4. The highest BCUT2D eigenvalue weighted by molar-refractivity contribution is 6.13. The zero-order chi connectivity index (χ0) is 63.4. The van der Waals surface area contributed by atoms with Gasteiger partial charge in [0.15, 0.2) is 0 Å². The van der Waals surface area contributed by atoms with E-state index < -0.39 is 11.7 Å². The lowest BCUT2D eigenvalue weighted by Crippen LogP contribution is -2.13. The van der Waals surface area contributed by atoms with E-state index >= 15 is 13.2 Å². The van der Waals surface area contributed by atoms with Gasteiger partial charge in [-0.1, -0.05) is 182 Å². The molecule has 0 unspecified atom stereocenters. The van der Waals surface area contributed by atoms with E-state index in [0.717, 1.165) is 128 Å². The quantitative estimate of drug-likeness (QED) is 0.143. The smallest absolute Gasteiger partial charge is 0.308 e. The number of halogens is 3. The van der Waals surface area contributed by atoms with Crippen LogP contribution in [0.4, 0.5) is 13.2 Å². The number of hydrogen-bond acceptors (Lipinski definition) is 6. The van der Waals surface area contributed by atoms with E-state index in [0.29, 0.717) is 29.6 Å². The Labute approximate surface area is 538 Å². The van der Waals surface area contributed by atoms with Gasteiger partial charge in [0.25, 0.3) is 0 Å². The standard InChI is InChI=1S/C83H51F3N8/c84-83(85,86)71-23-13-22-64(50-87)81(71)69-32-33-76(93-77-46-56(60-34-38-89-72(42-60)52-14-5-1-6-15-52)24-28-65(77)66-29-25-57(47-78(66)93)61-35-39-90-73(43-61)53-16-7-2-8-17-53)70(51-88)82(69)94-79-48-58(62-36-40-91-74(44-62)54-18-9-3-10-19-54)26-30-67(79)68-31-27-59(49-80(68)94)63-37-41-92-75(45-63)55-20-11-4-12-21-55/h1-35,38-49H,36-37H2. The molecule has 0 amide bonds. The molecule has 6 heterocycles. The molecule has 4 aromatic heterocycles. The van der Waals surface area contributed by atoms with Crippen molar-refractivity contribution in [3.05, 3.63) is 312 Å². The Bertz CT molecular complexity index is 5500. The molecule has 444 valence electrons. The minimum atomic E-state index is -4.92. The first kappa shape index (κ1) is 56.6. The molecule has 16 rings (SSSR count). The molecule has 8 nitrogen and oxygen atoms in total. The third kappa shape index (κ3) is 10.1. The second kappa shape index (κ2) is 23.3. The Balaban J connectivity index is 1.04. The van der Waals surface area contributed by atoms with Crippen molar-refractivity contribution in [1.29, 1.82) is 10.5 Å². The first-order chi connectivity index (χ1) is 46.1. The fourth-order valence-electron chi connectivity index (χ4n) is 13.5. The van der Waals surface area contributed by atoms with E-state index in [1.165, 1.54) is 12.1 Å². The van der Waals surface area contributed by atoms with Crippen LogP contribution in [-0.4, -0.2) is 31.5 Å². The molecular weight excluding hydrogens is 1170 g/mol. The van der Waals surface area contributed by atoms with Crippen LogP contribution in [0.5, 0.6) is 0 Å². The van der Waals surface area contributed by atoms with Crippen molar-refractivity contribution in [2.24, 2.45) is 9.98 Å². The minimum Gasteiger partial charge on any atom is -0.308 e.